The van der Waals surface area contributed by atoms with Gasteiger partial charge in [0, 0.05) is 19.0 Å². The minimum atomic E-state index is -1.15. The molecule has 31 heavy (non-hydrogen) atoms. The largest absolute Gasteiger partial charge is 0.498 e. The van der Waals surface area contributed by atoms with Crippen molar-refractivity contribution in [2.24, 2.45) is 5.92 Å². The number of carbonyl (C=O) groups excluding carboxylic acids is 1. The highest BCUT2D eigenvalue weighted by atomic mass is 16.6. The van der Waals surface area contributed by atoms with Gasteiger partial charge < -0.3 is 23.5 Å². The molecule has 0 saturated carbocycles. The molecule has 4 aliphatic rings. The van der Waals surface area contributed by atoms with Gasteiger partial charge in [0.05, 0.1) is 32.5 Å². The average Bonchev–Trinajstić information content (AvgIpc) is 3.51. The fraction of sp³-hybridized carbons (Fsp3) is 0.478. The summed E-state index contributed by atoms with van der Waals surface area (Å²) in [6, 6.07) is 9.62. The van der Waals surface area contributed by atoms with Gasteiger partial charge in [-0.1, -0.05) is 30.3 Å². The Hall–Kier alpha value is -2.68. The third kappa shape index (κ3) is 2.71. The summed E-state index contributed by atoms with van der Waals surface area (Å²) in [6.45, 7) is 3.08. The minimum Gasteiger partial charge on any atom is -0.498 e. The highest BCUT2D eigenvalue weighted by Gasteiger charge is 2.68. The lowest BCUT2D eigenvalue weighted by Gasteiger charge is -2.45. The summed E-state index contributed by atoms with van der Waals surface area (Å²) >= 11 is 0. The van der Waals surface area contributed by atoms with Crippen molar-refractivity contribution >= 4 is 5.78 Å². The van der Waals surface area contributed by atoms with Crippen molar-refractivity contribution in [3.63, 3.8) is 0 Å². The monoisotopic (exact) mass is 424 g/mol. The smallest absolute Gasteiger partial charge is 0.265 e. The topological polar surface area (TPSA) is 83.3 Å². The van der Waals surface area contributed by atoms with Gasteiger partial charge in [0.1, 0.15) is 17.9 Å². The molecule has 0 radical (unpaired) electrons. The van der Waals surface area contributed by atoms with E-state index in [2.05, 4.69) is 10.1 Å². The number of nitrogens with zero attached hydrogens (tertiary/aromatic N) is 2. The van der Waals surface area contributed by atoms with Gasteiger partial charge in [-0.05, 0) is 23.2 Å². The van der Waals surface area contributed by atoms with Crippen molar-refractivity contribution in [2.75, 3.05) is 33.4 Å². The van der Waals surface area contributed by atoms with Gasteiger partial charge in [0.2, 0.25) is 5.78 Å². The molecular weight excluding hydrogens is 400 g/mol. The van der Waals surface area contributed by atoms with Crippen molar-refractivity contribution < 1.29 is 28.3 Å². The molecule has 2 saturated heterocycles. The van der Waals surface area contributed by atoms with Gasteiger partial charge in [-0.3, -0.25) is 9.69 Å². The van der Waals surface area contributed by atoms with E-state index < -0.39 is 5.60 Å². The lowest BCUT2D eigenvalue weighted by molar-refractivity contribution is -0.0551. The number of hydrogen-bond donors (Lipinski definition) is 0. The Labute approximate surface area is 179 Å². The van der Waals surface area contributed by atoms with Crippen LogP contribution in [0, 0.1) is 5.92 Å². The van der Waals surface area contributed by atoms with Crippen LogP contribution in [0.1, 0.15) is 34.1 Å². The molecule has 162 valence electrons. The molecule has 1 spiro atoms. The number of Topliss-reactive ketones (excluding diaryl/α,β-unsaturated/α-hetero) is 1. The van der Waals surface area contributed by atoms with E-state index in [4.69, 9.17) is 23.5 Å². The number of benzene rings is 1. The van der Waals surface area contributed by atoms with E-state index in [1.54, 1.807) is 7.11 Å². The van der Waals surface area contributed by atoms with Gasteiger partial charge in [0.15, 0.2) is 11.4 Å². The van der Waals surface area contributed by atoms with Crippen molar-refractivity contribution in [1.29, 1.82) is 0 Å². The zero-order valence-corrected chi connectivity index (χ0v) is 17.3. The number of hydrogen-bond acceptors (Lipinski definition) is 8. The van der Waals surface area contributed by atoms with Crippen LogP contribution in [-0.2, 0) is 20.8 Å². The predicted molar refractivity (Wildman–Crippen MR) is 108 cm³/mol. The predicted octanol–water partition coefficient (Wildman–Crippen LogP) is 2.51. The SMILES string of the molecule is COC1=C[C@@H]2CC3[C@H](N4CCOCC4)c4onc(OCc5ccccc5)c4C(=O)[C@]13O2. The van der Waals surface area contributed by atoms with Gasteiger partial charge in [0.25, 0.3) is 5.88 Å². The molecule has 1 aliphatic carbocycles. The van der Waals surface area contributed by atoms with Crippen molar-refractivity contribution in [1.82, 2.24) is 10.1 Å². The molecule has 8 heteroatoms. The van der Waals surface area contributed by atoms with E-state index in [1.165, 1.54) is 0 Å². The maximum absolute atomic E-state index is 13.9. The summed E-state index contributed by atoms with van der Waals surface area (Å²) in [5, 5.41) is 4.17. The number of carbonyl (C=O) groups is 1. The van der Waals surface area contributed by atoms with Gasteiger partial charge in [-0.25, -0.2) is 0 Å². The Morgan fingerprint density at radius 1 is 1.23 bits per heavy atom. The summed E-state index contributed by atoms with van der Waals surface area (Å²) in [5.74, 6) is 1.07. The van der Waals surface area contributed by atoms with Crippen LogP contribution in [-0.4, -0.2) is 61.0 Å². The zero-order chi connectivity index (χ0) is 21.0. The summed E-state index contributed by atoms with van der Waals surface area (Å²) in [6.07, 6.45) is 2.52. The molecular formula is C23H24N2O6. The first-order valence-corrected chi connectivity index (χ1v) is 10.7. The Bertz CT molecular complexity index is 1030. The summed E-state index contributed by atoms with van der Waals surface area (Å²) in [7, 11) is 1.59. The maximum atomic E-state index is 13.9. The second-order valence-corrected chi connectivity index (χ2v) is 8.39. The standard InChI is InChI=1S/C23H24N2O6/c1-27-17-12-15-11-16-19(25-7-9-28-10-8-25)20-18(21(26)23(16,17)30-15)22(24-31-20)29-13-14-5-3-2-4-6-14/h2-6,12,15-16,19H,7-11,13H2,1H3/t15-,16?,19-,23+/m0/s1. The van der Waals surface area contributed by atoms with Crippen molar-refractivity contribution in [3.05, 3.63) is 59.1 Å². The molecule has 4 heterocycles. The molecule has 6 rings (SSSR count). The minimum absolute atomic E-state index is 0.106. The van der Waals surface area contributed by atoms with Gasteiger partial charge in [-0.15, -0.1) is 0 Å². The number of methoxy groups -OCH3 is 1. The Morgan fingerprint density at radius 3 is 2.81 bits per heavy atom. The first-order valence-electron chi connectivity index (χ1n) is 10.7. The Morgan fingerprint density at radius 2 is 2.03 bits per heavy atom. The highest BCUT2D eigenvalue weighted by Crippen LogP contribution is 2.59. The summed E-state index contributed by atoms with van der Waals surface area (Å²) in [4.78, 5) is 16.2. The van der Waals surface area contributed by atoms with E-state index in [9.17, 15) is 4.79 Å². The fourth-order valence-electron chi connectivity index (χ4n) is 5.50. The number of aromatic nitrogens is 1. The number of morpholine rings is 1. The fourth-order valence-corrected chi connectivity index (χ4v) is 5.50. The molecule has 1 aromatic heterocycles. The van der Waals surface area contributed by atoms with Crippen LogP contribution in [0.4, 0.5) is 0 Å². The lowest BCUT2D eigenvalue weighted by Crippen LogP contribution is -2.55. The van der Waals surface area contributed by atoms with Crippen LogP contribution in [0.15, 0.2) is 46.7 Å². The third-order valence-corrected chi connectivity index (χ3v) is 6.83. The average molecular weight is 424 g/mol. The normalized spacial score (nSPS) is 31.8. The molecule has 2 fully saturated rings. The Balaban J connectivity index is 1.42. The first kappa shape index (κ1) is 19.0. The third-order valence-electron chi connectivity index (χ3n) is 6.83. The second kappa shape index (κ2) is 7.19. The molecule has 0 N–H and O–H groups in total. The highest BCUT2D eigenvalue weighted by molar-refractivity contribution is 6.09. The number of fused-ring (bicyclic) bond motifs is 2. The van der Waals surface area contributed by atoms with E-state index in [0.29, 0.717) is 36.9 Å². The van der Waals surface area contributed by atoms with Crippen LogP contribution in [0.25, 0.3) is 0 Å². The molecule has 2 aromatic rings. The molecule has 1 aromatic carbocycles. The first-order chi connectivity index (χ1) is 15.2. The second-order valence-electron chi connectivity index (χ2n) is 8.39. The van der Waals surface area contributed by atoms with Crippen LogP contribution in [0.5, 0.6) is 5.88 Å². The van der Waals surface area contributed by atoms with E-state index >= 15 is 0 Å². The lowest BCUT2D eigenvalue weighted by atomic mass is 9.67. The van der Waals surface area contributed by atoms with Crippen molar-refractivity contribution in [2.45, 2.75) is 30.8 Å². The molecule has 1 unspecified atom stereocenters. The van der Waals surface area contributed by atoms with Crippen molar-refractivity contribution in [3.8, 4) is 5.88 Å². The number of ketones is 1. The van der Waals surface area contributed by atoms with E-state index in [0.717, 1.165) is 25.1 Å². The van der Waals surface area contributed by atoms with Crippen LogP contribution in [0.3, 0.4) is 0 Å². The van der Waals surface area contributed by atoms with Crippen LogP contribution < -0.4 is 4.74 Å². The quantitative estimate of drug-likeness (QED) is 0.724. The molecule has 3 aliphatic heterocycles. The zero-order valence-electron chi connectivity index (χ0n) is 17.3. The van der Waals surface area contributed by atoms with Crippen LogP contribution in [0.2, 0.25) is 0 Å². The molecule has 4 atom stereocenters. The van der Waals surface area contributed by atoms with E-state index in [1.807, 2.05) is 36.4 Å². The van der Waals surface area contributed by atoms with Gasteiger partial charge in [-0.2, -0.15) is 0 Å². The van der Waals surface area contributed by atoms with Gasteiger partial charge >= 0.3 is 0 Å². The van der Waals surface area contributed by atoms with Crippen LogP contribution >= 0.6 is 0 Å². The molecule has 2 bridgehead atoms. The molecule has 0 amide bonds. The summed E-state index contributed by atoms with van der Waals surface area (Å²) < 4.78 is 29.3. The Kier molecular flexibility index (Phi) is 4.41. The summed E-state index contributed by atoms with van der Waals surface area (Å²) in [5.41, 5.74) is 0.208. The maximum Gasteiger partial charge on any atom is 0.265 e. The number of rotatable bonds is 5. The number of ether oxygens (including phenoxy) is 4. The molecule has 8 nitrogen and oxygen atoms in total. The van der Waals surface area contributed by atoms with E-state index in [-0.39, 0.29) is 29.7 Å².